The van der Waals surface area contributed by atoms with Crippen LogP contribution < -0.4 is 5.73 Å². The van der Waals surface area contributed by atoms with Gasteiger partial charge in [-0.1, -0.05) is 25.4 Å². The predicted molar refractivity (Wildman–Crippen MR) is 78.5 cm³/mol. The van der Waals surface area contributed by atoms with Gasteiger partial charge in [0.2, 0.25) is 5.89 Å². The first-order valence-corrected chi connectivity index (χ1v) is 8.00. The zero-order valence-corrected chi connectivity index (χ0v) is 13.0. The third-order valence-electron chi connectivity index (χ3n) is 5.66. The molecule has 0 radical (unpaired) electrons. The third kappa shape index (κ3) is 2.39. The second kappa shape index (κ2) is 4.83. The monoisotopic (exact) mass is 277 g/mol. The minimum absolute atomic E-state index is 0.112. The highest BCUT2D eigenvalue weighted by atomic mass is 16.5. The Hall–Kier alpha value is -0.900. The summed E-state index contributed by atoms with van der Waals surface area (Å²) in [5.74, 6) is 2.15. The summed E-state index contributed by atoms with van der Waals surface area (Å²) in [6, 6.07) is 0.154. The molecule has 2 aliphatic rings. The number of aromatic nitrogens is 2. The molecule has 0 aromatic carbocycles. The Kier molecular flexibility index (Phi) is 3.39. The maximum Gasteiger partial charge on any atom is 0.234 e. The second-order valence-electron chi connectivity index (χ2n) is 7.81. The lowest BCUT2D eigenvalue weighted by molar-refractivity contribution is 0.218. The quantitative estimate of drug-likeness (QED) is 0.898. The molecule has 2 unspecified atom stereocenters. The molecule has 0 saturated heterocycles. The fourth-order valence-electron chi connectivity index (χ4n) is 3.75. The number of hydrogen-bond acceptors (Lipinski definition) is 4. The van der Waals surface area contributed by atoms with E-state index in [0.717, 1.165) is 31.0 Å². The summed E-state index contributed by atoms with van der Waals surface area (Å²) in [5.41, 5.74) is 6.60. The van der Waals surface area contributed by atoms with Gasteiger partial charge < -0.3 is 10.3 Å². The second-order valence-corrected chi connectivity index (χ2v) is 7.81. The van der Waals surface area contributed by atoms with E-state index in [1.165, 1.54) is 25.7 Å². The van der Waals surface area contributed by atoms with Gasteiger partial charge >= 0.3 is 0 Å². The standard InChI is InChI=1S/C16H27N3O/c1-15(2)9-6-11(7-10-15)13-18-14(20-19-13)16(3)8-4-5-12(16)17/h11-12H,4-10,17H2,1-3H3. The van der Waals surface area contributed by atoms with Gasteiger partial charge in [0.25, 0.3) is 0 Å². The summed E-state index contributed by atoms with van der Waals surface area (Å²) in [4.78, 5) is 4.73. The zero-order chi connectivity index (χ0) is 14.4. The molecular formula is C16H27N3O. The lowest BCUT2D eigenvalue weighted by Gasteiger charge is -2.32. The minimum Gasteiger partial charge on any atom is -0.339 e. The van der Waals surface area contributed by atoms with Crippen LogP contribution in [0, 0.1) is 5.41 Å². The van der Waals surface area contributed by atoms with Crippen molar-refractivity contribution in [3.05, 3.63) is 11.7 Å². The third-order valence-corrected chi connectivity index (χ3v) is 5.66. The molecular weight excluding hydrogens is 250 g/mol. The van der Waals surface area contributed by atoms with Crippen molar-refractivity contribution in [1.29, 1.82) is 0 Å². The van der Waals surface area contributed by atoms with Gasteiger partial charge in [-0.25, -0.2) is 0 Å². The summed E-state index contributed by atoms with van der Waals surface area (Å²) in [7, 11) is 0. The molecule has 4 nitrogen and oxygen atoms in total. The van der Waals surface area contributed by atoms with E-state index in [4.69, 9.17) is 15.2 Å². The average molecular weight is 277 g/mol. The van der Waals surface area contributed by atoms with E-state index < -0.39 is 0 Å². The molecule has 0 bridgehead atoms. The molecule has 1 heterocycles. The lowest BCUT2D eigenvalue weighted by Crippen LogP contribution is -2.38. The van der Waals surface area contributed by atoms with Crippen molar-refractivity contribution in [2.45, 2.75) is 83.1 Å². The van der Waals surface area contributed by atoms with Gasteiger partial charge in [-0.05, 0) is 50.9 Å². The number of rotatable bonds is 2. The molecule has 2 N–H and O–H groups in total. The van der Waals surface area contributed by atoms with E-state index in [9.17, 15) is 0 Å². The molecule has 2 fully saturated rings. The van der Waals surface area contributed by atoms with Crippen LogP contribution in [0.5, 0.6) is 0 Å². The van der Waals surface area contributed by atoms with E-state index in [2.05, 4.69) is 25.9 Å². The lowest BCUT2D eigenvalue weighted by atomic mass is 9.73. The van der Waals surface area contributed by atoms with Crippen LogP contribution in [0.15, 0.2) is 4.52 Å². The first-order valence-electron chi connectivity index (χ1n) is 8.00. The molecule has 1 aromatic heterocycles. The van der Waals surface area contributed by atoms with Crippen LogP contribution in [0.4, 0.5) is 0 Å². The van der Waals surface area contributed by atoms with E-state index in [1.54, 1.807) is 0 Å². The Morgan fingerprint density at radius 3 is 2.40 bits per heavy atom. The van der Waals surface area contributed by atoms with Crippen LogP contribution in [0.3, 0.4) is 0 Å². The Bertz CT molecular complexity index is 472. The van der Waals surface area contributed by atoms with Crippen LogP contribution in [0.2, 0.25) is 0 Å². The average Bonchev–Trinajstić information content (AvgIpc) is 2.99. The Morgan fingerprint density at radius 1 is 1.10 bits per heavy atom. The van der Waals surface area contributed by atoms with Crippen molar-refractivity contribution in [3.8, 4) is 0 Å². The fourth-order valence-corrected chi connectivity index (χ4v) is 3.75. The SMILES string of the molecule is CC1(C)CCC(c2noc(C3(C)CCCC3N)n2)CC1. The number of hydrogen-bond donors (Lipinski definition) is 1. The molecule has 0 spiro atoms. The van der Waals surface area contributed by atoms with Crippen LogP contribution >= 0.6 is 0 Å². The van der Waals surface area contributed by atoms with Crippen molar-refractivity contribution in [1.82, 2.24) is 10.1 Å². The van der Waals surface area contributed by atoms with Crippen molar-refractivity contribution >= 4 is 0 Å². The molecule has 0 aliphatic heterocycles. The van der Waals surface area contributed by atoms with Gasteiger partial charge in [0.1, 0.15) is 0 Å². The summed E-state index contributed by atoms with van der Waals surface area (Å²) in [5, 5.41) is 4.27. The smallest absolute Gasteiger partial charge is 0.234 e. The van der Waals surface area contributed by atoms with Crippen LogP contribution in [-0.4, -0.2) is 16.2 Å². The predicted octanol–water partition coefficient (Wildman–Crippen LogP) is 3.52. The van der Waals surface area contributed by atoms with E-state index in [-0.39, 0.29) is 11.5 Å². The van der Waals surface area contributed by atoms with Crippen molar-refractivity contribution < 1.29 is 4.52 Å². The first kappa shape index (κ1) is 14.1. The maximum atomic E-state index is 6.24. The molecule has 1 aromatic rings. The molecule has 2 saturated carbocycles. The maximum absolute atomic E-state index is 6.24. The number of nitrogens with two attached hydrogens (primary N) is 1. The first-order chi connectivity index (χ1) is 9.41. The largest absolute Gasteiger partial charge is 0.339 e. The van der Waals surface area contributed by atoms with Gasteiger partial charge in [0.15, 0.2) is 5.82 Å². The zero-order valence-electron chi connectivity index (χ0n) is 13.0. The summed E-state index contributed by atoms with van der Waals surface area (Å²) < 4.78 is 5.59. The Labute approximate surface area is 121 Å². The summed E-state index contributed by atoms with van der Waals surface area (Å²) >= 11 is 0. The fraction of sp³-hybridized carbons (Fsp3) is 0.875. The topological polar surface area (TPSA) is 64.9 Å². The van der Waals surface area contributed by atoms with Crippen molar-refractivity contribution in [2.24, 2.45) is 11.1 Å². The van der Waals surface area contributed by atoms with E-state index >= 15 is 0 Å². The van der Waals surface area contributed by atoms with Crippen LogP contribution in [-0.2, 0) is 5.41 Å². The van der Waals surface area contributed by atoms with E-state index in [1.807, 2.05) is 0 Å². The number of nitrogens with zero attached hydrogens (tertiary/aromatic N) is 2. The highest BCUT2D eigenvalue weighted by molar-refractivity contribution is 5.13. The van der Waals surface area contributed by atoms with Crippen LogP contribution in [0.1, 0.15) is 83.3 Å². The molecule has 112 valence electrons. The molecule has 2 atom stereocenters. The van der Waals surface area contributed by atoms with Crippen molar-refractivity contribution in [2.75, 3.05) is 0 Å². The Balaban J connectivity index is 1.74. The molecule has 20 heavy (non-hydrogen) atoms. The van der Waals surface area contributed by atoms with Gasteiger partial charge in [0, 0.05) is 12.0 Å². The van der Waals surface area contributed by atoms with Gasteiger partial charge in [-0.15, -0.1) is 0 Å². The Morgan fingerprint density at radius 2 is 1.80 bits per heavy atom. The van der Waals surface area contributed by atoms with E-state index in [0.29, 0.717) is 11.3 Å². The van der Waals surface area contributed by atoms with Crippen LogP contribution in [0.25, 0.3) is 0 Å². The summed E-state index contributed by atoms with van der Waals surface area (Å²) in [6.45, 7) is 6.87. The minimum atomic E-state index is -0.112. The van der Waals surface area contributed by atoms with Crippen molar-refractivity contribution in [3.63, 3.8) is 0 Å². The normalized spacial score (nSPS) is 34.5. The molecule has 0 amide bonds. The highest BCUT2D eigenvalue weighted by Gasteiger charge is 2.43. The van der Waals surface area contributed by atoms with Gasteiger partial charge in [-0.2, -0.15) is 4.98 Å². The van der Waals surface area contributed by atoms with Gasteiger partial charge in [-0.3, -0.25) is 0 Å². The molecule has 4 heteroatoms. The molecule has 3 rings (SSSR count). The highest BCUT2D eigenvalue weighted by Crippen LogP contribution is 2.43. The molecule has 2 aliphatic carbocycles. The van der Waals surface area contributed by atoms with Gasteiger partial charge in [0.05, 0.1) is 5.41 Å². The summed E-state index contributed by atoms with van der Waals surface area (Å²) in [6.07, 6.45) is 8.13.